The van der Waals surface area contributed by atoms with E-state index >= 15 is 0 Å². The van der Waals surface area contributed by atoms with E-state index in [1.807, 2.05) is 0 Å². The Kier molecular flexibility index (Phi) is 4.37. The first-order valence-electron chi connectivity index (χ1n) is 6.23. The van der Waals surface area contributed by atoms with Crippen molar-refractivity contribution in [2.75, 3.05) is 26.7 Å². The van der Waals surface area contributed by atoms with Crippen molar-refractivity contribution in [3.63, 3.8) is 0 Å². The van der Waals surface area contributed by atoms with Crippen LogP contribution in [-0.2, 0) is 4.79 Å². The number of carbonyl (C=O) groups excluding carboxylic acids is 2. The van der Waals surface area contributed by atoms with Gasteiger partial charge in [0.15, 0.2) is 0 Å². The van der Waals surface area contributed by atoms with Crippen LogP contribution in [0.15, 0.2) is 12.3 Å². The maximum absolute atomic E-state index is 12.4. The van der Waals surface area contributed by atoms with E-state index in [0.29, 0.717) is 19.5 Å². The summed E-state index contributed by atoms with van der Waals surface area (Å²) in [6.07, 6.45) is 1.62. The summed E-state index contributed by atoms with van der Waals surface area (Å²) in [4.78, 5) is 40.8. The summed E-state index contributed by atoms with van der Waals surface area (Å²) in [6.45, 7) is 0.867. The SMILES string of the molecule is CN1CCCN(C(=O)c2cc([N+](=O)[O-])cnc2Cl)CC1=O. The second kappa shape index (κ2) is 6.04. The molecule has 1 aromatic heterocycles. The maximum Gasteiger partial charge on any atom is 0.288 e. The largest absolute Gasteiger partial charge is 0.344 e. The highest BCUT2D eigenvalue weighted by Gasteiger charge is 2.26. The molecule has 9 heteroatoms. The average Bonchev–Trinajstić information content (AvgIpc) is 2.61. The summed E-state index contributed by atoms with van der Waals surface area (Å²) in [5, 5.41) is 10.6. The zero-order valence-electron chi connectivity index (χ0n) is 11.3. The van der Waals surface area contributed by atoms with Crippen LogP contribution in [0.25, 0.3) is 0 Å². The maximum atomic E-state index is 12.4. The molecule has 0 radical (unpaired) electrons. The highest BCUT2D eigenvalue weighted by atomic mass is 35.5. The Morgan fingerprint density at radius 1 is 1.48 bits per heavy atom. The van der Waals surface area contributed by atoms with Gasteiger partial charge in [-0.1, -0.05) is 11.6 Å². The molecule has 0 atom stereocenters. The molecule has 2 rings (SSSR count). The first-order valence-corrected chi connectivity index (χ1v) is 6.61. The molecule has 1 aliphatic rings. The molecule has 2 amide bonds. The zero-order chi connectivity index (χ0) is 15.6. The van der Waals surface area contributed by atoms with Gasteiger partial charge in [-0.15, -0.1) is 0 Å². The van der Waals surface area contributed by atoms with Gasteiger partial charge in [-0.25, -0.2) is 4.98 Å². The molecule has 1 saturated heterocycles. The lowest BCUT2D eigenvalue weighted by molar-refractivity contribution is -0.385. The number of nitro groups is 1. The fourth-order valence-electron chi connectivity index (χ4n) is 2.02. The molecule has 1 aromatic rings. The summed E-state index contributed by atoms with van der Waals surface area (Å²) >= 11 is 5.84. The average molecular weight is 313 g/mol. The predicted octanol–water partition coefficient (Wildman–Crippen LogP) is 0.948. The Bertz CT molecular complexity index is 607. The van der Waals surface area contributed by atoms with Crippen molar-refractivity contribution in [1.82, 2.24) is 14.8 Å². The molecule has 1 aliphatic heterocycles. The molecule has 112 valence electrons. The standard InChI is InChI=1S/C12H13ClN4O4/c1-15-3-2-4-16(7-10(15)18)12(19)9-5-8(17(20)21)6-14-11(9)13/h5-6H,2-4,7H2,1H3. The van der Waals surface area contributed by atoms with Crippen LogP contribution in [0.2, 0.25) is 5.15 Å². The van der Waals surface area contributed by atoms with Crippen molar-refractivity contribution in [3.05, 3.63) is 33.1 Å². The number of halogens is 1. The first kappa shape index (κ1) is 15.2. The van der Waals surface area contributed by atoms with Crippen LogP contribution in [0.5, 0.6) is 0 Å². The zero-order valence-corrected chi connectivity index (χ0v) is 12.0. The fraction of sp³-hybridized carbons (Fsp3) is 0.417. The third kappa shape index (κ3) is 3.27. The van der Waals surface area contributed by atoms with Gasteiger partial charge in [-0.05, 0) is 6.42 Å². The Morgan fingerprint density at radius 2 is 2.19 bits per heavy atom. The monoisotopic (exact) mass is 312 g/mol. The highest BCUT2D eigenvalue weighted by molar-refractivity contribution is 6.32. The number of likely N-dealkylation sites (N-methyl/N-ethyl adjacent to an activating group) is 1. The quantitative estimate of drug-likeness (QED) is 0.460. The minimum atomic E-state index is -0.651. The van der Waals surface area contributed by atoms with E-state index in [9.17, 15) is 19.7 Å². The minimum absolute atomic E-state index is 0.0665. The molecule has 0 unspecified atom stereocenters. The molecule has 8 nitrogen and oxygen atoms in total. The van der Waals surface area contributed by atoms with E-state index < -0.39 is 10.8 Å². The van der Waals surface area contributed by atoms with Gasteiger partial charge in [0.1, 0.15) is 17.9 Å². The number of aromatic nitrogens is 1. The van der Waals surface area contributed by atoms with Crippen LogP contribution in [0, 0.1) is 10.1 Å². The lowest BCUT2D eigenvalue weighted by Gasteiger charge is -2.20. The number of hydrogen-bond donors (Lipinski definition) is 0. The van der Waals surface area contributed by atoms with Gasteiger partial charge in [0.2, 0.25) is 5.91 Å². The summed E-state index contributed by atoms with van der Waals surface area (Å²) in [5.41, 5.74) is -0.385. The van der Waals surface area contributed by atoms with Crippen molar-refractivity contribution in [2.45, 2.75) is 6.42 Å². The molecule has 21 heavy (non-hydrogen) atoms. The second-order valence-corrected chi connectivity index (χ2v) is 5.04. The molecule has 0 saturated carbocycles. The molecular formula is C12H13ClN4O4. The minimum Gasteiger partial charge on any atom is -0.344 e. The molecule has 0 aromatic carbocycles. The Labute approximate surface area is 125 Å². The molecule has 2 heterocycles. The van der Waals surface area contributed by atoms with E-state index in [4.69, 9.17) is 11.6 Å². The number of carbonyl (C=O) groups is 2. The normalized spacial score (nSPS) is 15.8. The summed E-state index contributed by atoms with van der Waals surface area (Å²) in [7, 11) is 1.66. The van der Waals surface area contributed by atoms with Crippen LogP contribution in [0.1, 0.15) is 16.8 Å². The van der Waals surface area contributed by atoms with E-state index in [1.165, 1.54) is 4.90 Å². The predicted molar refractivity (Wildman–Crippen MR) is 74.1 cm³/mol. The lowest BCUT2D eigenvalue weighted by atomic mass is 10.2. The van der Waals surface area contributed by atoms with Crippen LogP contribution < -0.4 is 0 Å². The third-order valence-electron chi connectivity index (χ3n) is 3.23. The van der Waals surface area contributed by atoms with E-state index in [2.05, 4.69) is 4.98 Å². The number of pyridine rings is 1. The molecule has 1 fully saturated rings. The van der Waals surface area contributed by atoms with E-state index in [1.54, 1.807) is 11.9 Å². The molecule has 0 aliphatic carbocycles. The highest BCUT2D eigenvalue weighted by Crippen LogP contribution is 2.21. The van der Waals surface area contributed by atoms with Crippen molar-refractivity contribution < 1.29 is 14.5 Å². The molecular weight excluding hydrogens is 300 g/mol. The van der Waals surface area contributed by atoms with Crippen LogP contribution >= 0.6 is 11.6 Å². The van der Waals surface area contributed by atoms with Crippen LogP contribution in [0.3, 0.4) is 0 Å². The number of hydrogen-bond acceptors (Lipinski definition) is 5. The van der Waals surface area contributed by atoms with E-state index in [0.717, 1.165) is 12.3 Å². The topological polar surface area (TPSA) is 96.7 Å². The van der Waals surface area contributed by atoms with Crippen molar-refractivity contribution in [3.8, 4) is 0 Å². The van der Waals surface area contributed by atoms with Gasteiger partial charge in [0, 0.05) is 26.2 Å². The summed E-state index contributed by atoms with van der Waals surface area (Å²) in [5.74, 6) is -0.713. The van der Waals surface area contributed by atoms with Crippen LogP contribution in [-0.4, -0.2) is 58.2 Å². The Hall–Kier alpha value is -2.22. The number of amides is 2. The van der Waals surface area contributed by atoms with Gasteiger partial charge in [0.25, 0.3) is 11.6 Å². The van der Waals surface area contributed by atoms with Gasteiger partial charge in [-0.3, -0.25) is 19.7 Å². The van der Waals surface area contributed by atoms with Crippen molar-refractivity contribution in [2.24, 2.45) is 0 Å². The lowest BCUT2D eigenvalue weighted by Crippen LogP contribution is -2.38. The molecule has 0 bridgehead atoms. The first-order chi connectivity index (χ1) is 9.90. The van der Waals surface area contributed by atoms with Crippen molar-refractivity contribution >= 4 is 29.1 Å². The van der Waals surface area contributed by atoms with Gasteiger partial charge in [-0.2, -0.15) is 0 Å². The summed E-state index contributed by atoms with van der Waals surface area (Å²) in [6, 6.07) is 1.08. The Morgan fingerprint density at radius 3 is 2.86 bits per heavy atom. The fourth-order valence-corrected chi connectivity index (χ4v) is 2.20. The van der Waals surface area contributed by atoms with Gasteiger partial charge in [0.05, 0.1) is 10.5 Å². The smallest absolute Gasteiger partial charge is 0.288 e. The number of rotatable bonds is 2. The Balaban J connectivity index is 2.29. The van der Waals surface area contributed by atoms with Gasteiger partial charge < -0.3 is 9.80 Å². The van der Waals surface area contributed by atoms with Crippen LogP contribution in [0.4, 0.5) is 5.69 Å². The molecule has 0 spiro atoms. The molecule has 0 N–H and O–H groups in total. The number of nitrogens with zero attached hydrogens (tertiary/aromatic N) is 4. The van der Waals surface area contributed by atoms with E-state index in [-0.39, 0.29) is 28.9 Å². The summed E-state index contributed by atoms with van der Waals surface area (Å²) < 4.78 is 0. The van der Waals surface area contributed by atoms with Gasteiger partial charge >= 0.3 is 0 Å². The van der Waals surface area contributed by atoms with Crippen molar-refractivity contribution in [1.29, 1.82) is 0 Å². The second-order valence-electron chi connectivity index (χ2n) is 4.68. The third-order valence-corrected chi connectivity index (χ3v) is 3.53.